The summed E-state index contributed by atoms with van der Waals surface area (Å²) in [4.78, 5) is 0. The Bertz CT molecular complexity index is 305. The fourth-order valence-electron chi connectivity index (χ4n) is 5.07. The molecular weight excluding hydrogens is 198 g/mol. The molecule has 3 nitrogen and oxygen atoms in total. The van der Waals surface area contributed by atoms with Gasteiger partial charge in [0.2, 0.25) is 0 Å². The Labute approximate surface area is 97.4 Å². The van der Waals surface area contributed by atoms with Crippen LogP contribution in [-0.2, 0) is 0 Å². The second-order valence-corrected chi connectivity index (χ2v) is 6.41. The van der Waals surface area contributed by atoms with Crippen LogP contribution in [-0.4, -0.2) is 5.54 Å². The molecule has 16 heavy (non-hydrogen) atoms. The summed E-state index contributed by atoms with van der Waals surface area (Å²) in [5, 5.41) is 9.38. The Kier molecular flexibility index (Phi) is 2.28. The number of rotatable bonds is 2. The van der Waals surface area contributed by atoms with Gasteiger partial charge in [0.1, 0.15) is 5.54 Å². The van der Waals surface area contributed by atoms with Crippen LogP contribution >= 0.6 is 0 Å². The van der Waals surface area contributed by atoms with Crippen LogP contribution in [0.4, 0.5) is 0 Å². The van der Waals surface area contributed by atoms with E-state index in [2.05, 4.69) is 11.5 Å². The summed E-state index contributed by atoms with van der Waals surface area (Å²) in [6.07, 6.45) is 6.83. The van der Waals surface area contributed by atoms with Gasteiger partial charge in [-0.3, -0.25) is 5.84 Å². The fraction of sp³-hybridized carbons (Fsp3) is 0.923. The monoisotopic (exact) mass is 219 g/mol. The Morgan fingerprint density at radius 3 is 2.00 bits per heavy atom. The molecule has 1 atom stereocenters. The van der Waals surface area contributed by atoms with Crippen molar-refractivity contribution >= 4 is 0 Å². The zero-order valence-corrected chi connectivity index (χ0v) is 9.95. The minimum atomic E-state index is -0.511. The summed E-state index contributed by atoms with van der Waals surface area (Å²) in [7, 11) is 0. The Morgan fingerprint density at radius 1 is 1.12 bits per heavy atom. The van der Waals surface area contributed by atoms with Gasteiger partial charge in [-0.2, -0.15) is 5.26 Å². The summed E-state index contributed by atoms with van der Waals surface area (Å²) >= 11 is 0. The average molecular weight is 219 g/mol. The lowest BCUT2D eigenvalue weighted by atomic mass is 9.48. The molecule has 0 amide bonds. The largest absolute Gasteiger partial charge is 0.270 e. The Hall–Kier alpha value is -0.590. The lowest BCUT2D eigenvalue weighted by Gasteiger charge is -2.57. The lowest BCUT2D eigenvalue weighted by Crippen LogP contribution is -2.60. The first-order chi connectivity index (χ1) is 7.66. The van der Waals surface area contributed by atoms with Crippen molar-refractivity contribution in [3.05, 3.63) is 0 Å². The first kappa shape index (κ1) is 10.6. The van der Waals surface area contributed by atoms with Crippen LogP contribution in [0.15, 0.2) is 0 Å². The molecule has 0 radical (unpaired) electrons. The van der Waals surface area contributed by atoms with Crippen molar-refractivity contribution in [3.63, 3.8) is 0 Å². The highest BCUT2D eigenvalue weighted by Crippen LogP contribution is 2.58. The molecule has 4 aliphatic carbocycles. The van der Waals surface area contributed by atoms with E-state index in [4.69, 9.17) is 5.84 Å². The van der Waals surface area contributed by atoms with Crippen LogP contribution in [0.3, 0.4) is 0 Å². The van der Waals surface area contributed by atoms with Crippen LogP contribution < -0.4 is 11.3 Å². The second kappa shape index (κ2) is 3.45. The number of hydrogen-bond donors (Lipinski definition) is 2. The normalized spacial score (nSPS) is 48.7. The van der Waals surface area contributed by atoms with Gasteiger partial charge in [0.05, 0.1) is 6.07 Å². The van der Waals surface area contributed by atoms with Gasteiger partial charge in [-0.05, 0) is 68.6 Å². The molecule has 3 N–H and O–H groups in total. The lowest BCUT2D eigenvalue weighted by molar-refractivity contribution is -0.0624. The molecule has 4 saturated carbocycles. The molecule has 1 unspecified atom stereocenters. The van der Waals surface area contributed by atoms with Crippen molar-refractivity contribution in [2.75, 3.05) is 0 Å². The number of nitrogens with zero attached hydrogens (tertiary/aromatic N) is 1. The Balaban J connectivity index is 1.89. The van der Waals surface area contributed by atoms with E-state index in [1.165, 1.54) is 32.1 Å². The highest BCUT2D eigenvalue weighted by Gasteiger charge is 2.54. The molecule has 0 heterocycles. The summed E-state index contributed by atoms with van der Waals surface area (Å²) in [6.45, 7) is 1.99. The molecule has 0 saturated heterocycles. The van der Waals surface area contributed by atoms with E-state index in [1.54, 1.807) is 0 Å². The van der Waals surface area contributed by atoms with Crippen LogP contribution in [0.2, 0.25) is 0 Å². The van der Waals surface area contributed by atoms with Crippen LogP contribution in [0, 0.1) is 40.9 Å². The van der Waals surface area contributed by atoms with Crippen LogP contribution in [0.25, 0.3) is 0 Å². The first-order valence-electron chi connectivity index (χ1n) is 6.55. The molecule has 4 aliphatic rings. The topological polar surface area (TPSA) is 61.8 Å². The van der Waals surface area contributed by atoms with E-state index in [1.807, 2.05) is 6.92 Å². The zero-order valence-electron chi connectivity index (χ0n) is 9.95. The predicted octanol–water partition coefficient (Wildman–Crippen LogP) is 1.80. The van der Waals surface area contributed by atoms with Gasteiger partial charge < -0.3 is 0 Å². The smallest absolute Gasteiger partial charge is 0.119 e. The van der Waals surface area contributed by atoms with Gasteiger partial charge >= 0.3 is 0 Å². The highest BCUT2D eigenvalue weighted by atomic mass is 15.3. The van der Waals surface area contributed by atoms with Gasteiger partial charge in [-0.15, -0.1) is 0 Å². The van der Waals surface area contributed by atoms with Crippen LogP contribution in [0.1, 0.15) is 39.0 Å². The number of nitrogens with two attached hydrogens (primary N) is 1. The summed E-state index contributed by atoms with van der Waals surface area (Å²) in [5.41, 5.74) is 2.28. The molecule has 88 valence electrons. The van der Waals surface area contributed by atoms with Gasteiger partial charge in [-0.1, -0.05) is 0 Å². The van der Waals surface area contributed by atoms with Gasteiger partial charge in [0.25, 0.3) is 0 Å². The van der Waals surface area contributed by atoms with Gasteiger partial charge in [-0.25, -0.2) is 5.43 Å². The van der Waals surface area contributed by atoms with Crippen molar-refractivity contribution < 1.29 is 0 Å². The quantitative estimate of drug-likeness (QED) is 0.550. The minimum Gasteiger partial charge on any atom is -0.270 e. The van der Waals surface area contributed by atoms with Crippen molar-refractivity contribution in [2.24, 2.45) is 35.4 Å². The molecule has 0 spiro atoms. The van der Waals surface area contributed by atoms with E-state index in [0.717, 1.165) is 23.7 Å². The molecule has 0 aromatic carbocycles. The van der Waals surface area contributed by atoms with E-state index < -0.39 is 5.54 Å². The first-order valence-corrected chi connectivity index (χ1v) is 6.55. The second-order valence-electron chi connectivity index (χ2n) is 6.41. The van der Waals surface area contributed by atoms with E-state index >= 15 is 0 Å². The maximum atomic E-state index is 9.38. The molecule has 0 aromatic rings. The fourth-order valence-corrected chi connectivity index (χ4v) is 5.07. The average Bonchev–Trinajstić information content (AvgIpc) is 2.27. The van der Waals surface area contributed by atoms with Gasteiger partial charge in [0, 0.05) is 0 Å². The number of nitrogens with one attached hydrogen (secondary N) is 1. The maximum Gasteiger partial charge on any atom is 0.119 e. The predicted molar refractivity (Wildman–Crippen MR) is 61.9 cm³/mol. The van der Waals surface area contributed by atoms with E-state index in [0.29, 0.717) is 5.92 Å². The van der Waals surface area contributed by atoms with Crippen molar-refractivity contribution in [1.29, 1.82) is 5.26 Å². The number of hydrogen-bond acceptors (Lipinski definition) is 3. The number of nitriles is 1. The highest BCUT2D eigenvalue weighted by molar-refractivity contribution is 5.14. The molecular formula is C13H21N3. The van der Waals surface area contributed by atoms with E-state index in [9.17, 15) is 5.26 Å². The molecule has 4 rings (SSSR count). The third-order valence-electron chi connectivity index (χ3n) is 5.43. The number of hydrazine groups is 1. The van der Waals surface area contributed by atoms with Gasteiger partial charge in [0.15, 0.2) is 0 Å². The van der Waals surface area contributed by atoms with Crippen molar-refractivity contribution in [2.45, 2.75) is 44.6 Å². The SMILES string of the molecule is CC(C#N)(NN)C1C2CC3CC(C2)CC1C3. The van der Waals surface area contributed by atoms with Crippen molar-refractivity contribution in [1.82, 2.24) is 5.43 Å². The standard InChI is InChI=1S/C13H21N3/c1-13(7-14,16-15)12-10-3-8-2-9(5-10)6-11(12)4-8/h8-12,16H,2-6,15H2,1H3. The Morgan fingerprint density at radius 2 is 1.62 bits per heavy atom. The maximum absolute atomic E-state index is 9.38. The third kappa shape index (κ3) is 1.33. The molecule has 0 aliphatic heterocycles. The van der Waals surface area contributed by atoms with Crippen LogP contribution in [0.5, 0.6) is 0 Å². The third-order valence-corrected chi connectivity index (χ3v) is 5.43. The molecule has 4 fully saturated rings. The van der Waals surface area contributed by atoms with Crippen molar-refractivity contribution in [3.8, 4) is 6.07 Å². The van der Waals surface area contributed by atoms with E-state index in [-0.39, 0.29) is 0 Å². The summed E-state index contributed by atoms with van der Waals surface area (Å²) < 4.78 is 0. The summed E-state index contributed by atoms with van der Waals surface area (Å²) in [5.74, 6) is 9.52. The zero-order chi connectivity index (χ0) is 11.3. The minimum absolute atomic E-state index is 0.482. The molecule has 0 aromatic heterocycles. The molecule has 4 bridgehead atoms. The summed E-state index contributed by atoms with van der Waals surface area (Å²) in [6, 6.07) is 2.42. The molecule has 3 heteroatoms.